The normalized spacial score (nSPS) is 21.3. The Bertz CT molecular complexity index is 442. The predicted octanol–water partition coefficient (Wildman–Crippen LogP) is 1.70. The van der Waals surface area contributed by atoms with Crippen molar-refractivity contribution in [2.24, 2.45) is 5.73 Å². The number of benzene rings is 1. The molecule has 1 aliphatic rings. The molecule has 0 aromatic heterocycles. The van der Waals surface area contributed by atoms with E-state index in [1.54, 1.807) is 7.11 Å². The molecule has 0 aliphatic carbocycles. The summed E-state index contributed by atoms with van der Waals surface area (Å²) in [6, 6.07) is 7.59. The van der Waals surface area contributed by atoms with Crippen molar-refractivity contribution in [1.29, 1.82) is 0 Å². The summed E-state index contributed by atoms with van der Waals surface area (Å²) in [6.45, 7) is 0.928. The predicted molar refractivity (Wildman–Crippen MR) is 80.0 cm³/mol. The highest BCUT2D eigenvalue weighted by Crippen LogP contribution is 2.22. The van der Waals surface area contributed by atoms with Gasteiger partial charge in [-0.2, -0.15) is 0 Å². The molecule has 1 fully saturated rings. The molecule has 3 N–H and O–H groups in total. The van der Waals surface area contributed by atoms with Crippen LogP contribution in [0.1, 0.15) is 18.4 Å². The Labute approximate surface area is 125 Å². The van der Waals surface area contributed by atoms with Crippen molar-refractivity contribution in [3.05, 3.63) is 29.8 Å². The van der Waals surface area contributed by atoms with Gasteiger partial charge in [0.2, 0.25) is 0 Å². The summed E-state index contributed by atoms with van der Waals surface area (Å²) in [5.74, 6) is -0.112. The molecule has 5 nitrogen and oxygen atoms in total. The molecule has 0 bridgehead atoms. The number of hydrogen-bond donors (Lipinski definition) is 2. The third-order valence-electron chi connectivity index (χ3n) is 3.24. The van der Waals surface area contributed by atoms with E-state index >= 15 is 0 Å². The molecule has 6 heteroatoms. The Morgan fingerprint density at radius 2 is 2.20 bits per heavy atom. The lowest BCUT2D eigenvalue weighted by Gasteiger charge is -2.14. The van der Waals surface area contributed by atoms with Crippen LogP contribution in [0.3, 0.4) is 0 Å². The van der Waals surface area contributed by atoms with Gasteiger partial charge < -0.3 is 20.5 Å². The van der Waals surface area contributed by atoms with Gasteiger partial charge in [-0.1, -0.05) is 18.2 Å². The number of halogens is 1. The van der Waals surface area contributed by atoms with Gasteiger partial charge in [-0.15, -0.1) is 12.4 Å². The van der Waals surface area contributed by atoms with Gasteiger partial charge in [0.15, 0.2) is 0 Å². The molecule has 2 rings (SSSR count). The van der Waals surface area contributed by atoms with Crippen LogP contribution in [-0.2, 0) is 20.9 Å². The third-order valence-corrected chi connectivity index (χ3v) is 3.24. The monoisotopic (exact) mass is 300 g/mol. The van der Waals surface area contributed by atoms with Crippen molar-refractivity contribution in [2.75, 3.05) is 19.0 Å². The van der Waals surface area contributed by atoms with Crippen LogP contribution in [0.2, 0.25) is 0 Å². The minimum atomic E-state index is -0.399. The van der Waals surface area contributed by atoms with E-state index in [0.717, 1.165) is 24.1 Å². The van der Waals surface area contributed by atoms with Crippen molar-refractivity contribution < 1.29 is 14.3 Å². The molecule has 1 heterocycles. The van der Waals surface area contributed by atoms with Crippen molar-refractivity contribution in [3.63, 3.8) is 0 Å². The van der Waals surface area contributed by atoms with Gasteiger partial charge in [-0.3, -0.25) is 4.79 Å². The van der Waals surface area contributed by atoms with Gasteiger partial charge in [0.25, 0.3) is 5.91 Å². The molecular weight excluding hydrogens is 280 g/mol. The zero-order valence-corrected chi connectivity index (χ0v) is 12.3. The summed E-state index contributed by atoms with van der Waals surface area (Å²) < 4.78 is 10.7. The van der Waals surface area contributed by atoms with E-state index in [-0.39, 0.29) is 24.4 Å². The van der Waals surface area contributed by atoms with Crippen LogP contribution in [-0.4, -0.2) is 31.8 Å². The smallest absolute Gasteiger partial charge is 0.253 e. The number of amides is 1. The number of carbonyl (C=O) groups is 1. The fourth-order valence-corrected chi connectivity index (χ4v) is 2.21. The lowest BCUT2D eigenvalue weighted by atomic mass is 10.1. The van der Waals surface area contributed by atoms with Crippen LogP contribution in [0.15, 0.2) is 24.3 Å². The van der Waals surface area contributed by atoms with E-state index in [9.17, 15) is 4.79 Å². The number of methoxy groups -OCH3 is 1. The zero-order valence-electron chi connectivity index (χ0n) is 11.5. The second-order valence-corrected chi connectivity index (χ2v) is 4.64. The molecule has 20 heavy (non-hydrogen) atoms. The van der Waals surface area contributed by atoms with Gasteiger partial charge in [0.1, 0.15) is 6.10 Å². The van der Waals surface area contributed by atoms with Crippen LogP contribution in [0.5, 0.6) is 0 Å². The molecule has 0 radical (unpaired) electrons. The molecule has 1 aromatic carbocycles. The standard InChI is InChI=1S/C14H20N2O3.ClH/c1-18-9-10-4-2-3-5-12(10)16-14(17)13-7-6-11(8-15)19-13;/h2-5,11,13H,6-9,15H2,1H3,(H,16,17);1H/t11-,13+;/m1./s1. The molecule has 0 unspecified atom stereocenters. The van der Waals surface area contributed by atoms with Crippen LogP contribution in [0.4, 0.5) is 5.69 Å². The van der Waals surface area contributed by atoms with E-state index in [0.29, 0.717) is 13.2 Å². The first-order valence-electron chi connectivity index (χ1n) is 6.48. The number of hydrogen-bond acceptors (Lipinski definition) is 4. The maximum Gasteiger partial charge on any atom is 0.253 e. The second-order valence-electron chi connectivity index (χ2n) is 4.64. The van der Waals surface area contributed by atoms with Crippen molar-refractivity contribution in [1.82, 2.24) is 0 Å². The van der Waals surface area contributed by atoms with Crippen LogP contribution in [0, 0.1) is 0 Å². The molecule has 112 valence electrons. The highest BCUT2D eigenvalue weighted by molar-refractivity contribution is 5.95. The first-order valence-corrected chi connectivity index (χ1v) is 6.48. The van der Waals surface area contributed by atoms with Crippen LogP contribution >= 0.6 is 12.4 Å². The van der Waals surface area contributed by atoms with E-state index < -0.39 is 6.10 Å². The lowest BCUT2D eigenvalue weighted by Crippen LogP contribution is -2.30. The van der Waals surface area contributed by atoms with Crippen LogP contribution in [0.25, 0.3) is 0 Å². The van der Waals surface area contributed by atoms with E-state index in [1.807, 2.05) is 24.3 Å². The number of para-hydroxylation sites is 1. The quantitative estimate of drug-likeness (QED) is 0.868. The van der Waals surface area contributed by atoms with E-state index in [1.165, 1.54) is 0 Å². The minimum absolute atomic E-state index is 0. The summed E-state index contributed by atoms with van der Waals surface area (Å²) in [4.78, 5) is 12.1. The van der Waals surface area contributed by atoms with Crippen molar-refractivity contribution in [3.8, 4) is 0 Å². The second kappa shape index (κ2) is 8.21. The Balaban J connectivity index is 0.00000200. The van der Waals surface area contributed by atoms with Gasteiger partial charge in [-0.05, 0) is 18.9 Å². The number of rotatable bonds is 5. The summed E-state index contributed by atoms with van der Waals surface area (Å²) >= 11 is 0. The molecule has 1 saturated heterocycles. The Kier molecular flexibility index (Phi) is 6.95. The SMILES string of the molecule is COCc1ccccc1NC(=O)[C@@H]1CC[C@H](CN)O1.Cl. The fourth-order valence-electron chi connectivity index (χ4n) is 2.21. The molecule has 1 aromatic rings. The maximum atomic E-state index is 12.1. The summed E-state index contributed by atoms with van der Waals surface area (Å²) in [5, 5.41) is 2.90. The molecule has 0 spiro atoms. The summed E-state index contributed by atoms with van der Waals surface area (Å²) in [6.07, 6.45) is 1.17. The van der Waals surface area contributed by atoms with Crippen molar-refractivity contribution in [2.45, 2.75) is 31.7 Å². The Hall–Kier alpha value is -1.14. The maximum absolute atomic E-state index is 12.1. The fraction of sp³-hybridized carbons (Fsp3) is 0.500. The average Bonchev–Trinajstić information content (AvgIpc) is 2.90. The number of nitrogens with one attached hydrogen (secondary N) is 1. The minimum Gasteiger partial charge on any atom is -0.380 e. The average molecular weight is 301 g/mol. The highest BCUT2D eigenvalue weighted by Gasteiger charge is 2.30. The highest BCUT2D eigenvalue weighted by atomic mass is 35.5. The molecule has 1 amide bonds. The van der Waals surface area contributed by atoms with Crippen molar-refractivity contribution >= 4 is 24.0 Å². The van der Waals surface area contributed by atoms with Gasteiger partial charge in [0.05, 0.1) is 12.7 Å². The molecular formula is C14H21ClN2O3. The van der Waals surface area contributed by atoms with E-state index in [2.05, 4.69) is 5.32 Å². The number of ether oxygens (including phenoxy) is 2. The van der Waals surface area contributed by atoms with Gasteiger partial charge >= 0.3 is 0 Å². The molecule has 1 aliphatic heterocycles. The number of carbonyl (C=O) groups excluding carboxylic acids is 1. The summed E-state index contributed by atoms with van der Waals surface area (Å²) in [5.41, 5.74) is 7.26. The zero-order chi connectivity index (χ0) is 13.7. The van der Waals surface area contributed by atoms with E-state index in [4.69, 9.17) is 15.2 Å². The lowest BCUT2D eigenvalue weighted by molar-refractivity contribution is -0.126. The number of anilines is 1. The van der Waals surface area contributed by atoms with Crippen LogP contribution < -0.4 is 11.1 Å². The Morgan fingerprint density at radius 3 is 2.85 bits per heavy atom. The topological polar surface area (TPSA) is 73.6 Å². The van der Waals surface area contributed by atoms with Gasteiger partial charge in [-0.25, -0.2) is 0 Å². The first-order chi connectivity index (χ1) is 9.24. The first kappa shape index (κ1) is 16.9. The third kappa shape index (κ3) is 4.18. The Morgan fingerprint density at radius 1 is 1.45 bits per heavy atom. The van der Waals surface area contributed by atoms with Gasteiger partial charge in [0, 0.05) is 24.9 Å². The summed E-state index contributed by atoms with van der Waals surface area (Å²) in [7, 11) is 1.63. The largest absolute Gasteiger partial charge is 0.380 e. The number of nitrogens with two attached hydrogens (primary N) is 1. The molecule has 0 saturated carbocycles. The molecule has 2 atom stereocenters.